The third-order valence-corrected chi connectivity index (χ3v) is 16.2. The Bertz CT molecular complexity index is 3760. The summed E-state index contributed by atoms with van der Waals surface area (Å²) in [6.45, 7) is 4.75. The molecule has 14 rings (SSSR count). The molecule has 0 amide bonds. The van der Waals surface area contributed by atoms with Crippen molar-refractivity contribution in [2.45, 2.75) is 24.7 Å². The van der Waals surface area contributed by atoms with Crippen LogP contribution in [0, 0.1) is 0 Å². The van der Waals surface area contributed by atoms with E-state index in [1.165, 1.54) is 98.3 Å². The van der Waals surface area contributed by atoms with Gasteiger partial charge in [0.15, 0.2) is 0 Å². The average molecular weight is 873 g/mol. The molecule has 2 nitrogen and oxygen atoms in total. The van der Waals surface area contributed by atoms with E-state index < -0.39 is 5.41 Å². The zero-order valence-corrected chi connectivity index (χ0v) is 38.1. The van der Waals surface area contributed by atoms with Gasteiger partial charge in [-0.2, -0.15) is 0 Å². The van der Waals surface area contributed by atoms with Crippen molar-refractivity contribution in [2.75, 3.05) is 9.80 Å². The van der Waals surface area contributed by atoms with Gasteiger partial charge in [-0.1, -0.05) is 166 Å². The van der Waals surface area contributed by atoms with E-state index >= 15 is 0 Å². The quantitative estimate of drug-likeness (QED) is 0.170. The van der Waals surface area contributed by atoms with Crippen LogP contribution in [0.25, 0.3) is 53.6 Å². The van der Waals surface area contributed by atoms with Crippen molar-refractivity contribution in [3.63, 3.8) is 0 Å². The number of hydrogen-bond donors (Lipinski definition) is 0. The normalized spacial score (nSPS) is 14.3. The van der Waals surface area contributed by atoms with Crippen LogP contribution in [0.2, 0.25) is 0 Å². The maximum absolute atomic E-state index is 2.51. The van der Waals surface area contributed by atoms with Gasteiger partial charge in [0, 0.05) is 48.3 Å². The minimum Gasteiger partial charge on any atom is -0.310 e. The molecule has 316 valence electrons. The Morgan fingerprint density at radius 3 is 1.58 bits per heavy atom. The summed E-state index contributed by atoms with van der Waals surface area (Å²) in [7, 11) is 0. The van der Waals surface area contributed by atoms with Crippen LogP contribution in [-0.2, 0) is 10.8 Å². The number of benzene rings is 10. The first-order valence-corrected chi connectivity index (χ1v) is 24.1. The summed E-state index contributed by atoms with van der Waals surface area (Å²) in [5.74, 6) is 0. The highest BCUT2D eigenvalue weighted by Crippen LogP contribution is 2.64. The van der Waals surface area contributed by atoms with Crippen molar-refractivity contribution in [3.05, 3.63) is 264 Å². The number of anilines is 6. The van der Waals surface area contributed by atoms with Gasteiger partial charge in [0.1, 0.15) is 0 Å². The molecule has 0 bridgehead atoms. The van der Waals surface area contributed by atoms with E-state index in [9.17, 15) is 0 Å². The van der Waals surface area contributed by atoms with E-state index in [0.29, 0.717) is 0 Å². The minimum absolute atomic E-state index is 0.147. The van der Waals surface area contributed by atoms with Crippen LogP contribution in [0.4, 0.5) is 34.1 Å². The molecule has 11 aromatic rings. The standard InChI is InChI=1S/C64H44N2S/c1-63(2)53-21-9-6-18-47(53)49-35-33-45(39-57(49)63)65(44-31-28-41(29-32-44)42-30-37-62-52(38-42)51-20-8-15-27-61(51)67-62)46-34-36-50-48-19-7-10-22-54(48)64(58(50)40-46)55-23-11-13-25-59(55)66(43-16-4-3-5-17-43)60-26-14-12-24-56(60)64/h3-40H,1-2H3. The molecule has 2 heterocycles. The van der Waals surface area contributed by atoms with E-state index in [2.05, 4.69) is 254 Å². The Kier molecular flexibility index (Phi) is 8.15. The van der Waals surface area contributed by atoms with Gasteiger partial charge in [0.05, 0.1) is 16.8 Å². The number of fused-ring (bicyclic) bond motifs is 15. The molecule has 10 aromatic carbocycles. The molecule has 67 heavy (non-hydrogen) atoms. The topological polar surface area (TPSA) is 6.48 Å². The lowest BCUT2D eigenvalue weighted by atomic mass is 9.64. The van der Waals surface area contributed by atoms with Gasteiger partial charge in [0.2, 0.25) is 0 Å². The Labute approximate surface area is 395 Å². The van der Waals surface area contributed by atoms with Gasteiger partial charge in [0.25, 0.3) is 0 Å². The zero-order valence-electron chi connectivity index (χ0n) is 37.2. The third kappa shape index (κ3) is 5.38. The Morgan fingerprint density at radius 2 is 0.866 bits per heavy atom. The third-order valence-electron chi connectivity index (χ3n) is 15.1. The second kappa shape index (κ2) is 14.3. The molecule has 3 aliphatic rings. The second-order valence-corrected chi connectivity index (χ2v) is 19.9. The van der Waals surface area contributed by atoms with Crippen LogP contribution in [-0.4, -0.2) is 0 Å². The highest BCUT2D eigenvalue weighted by atomic mass is 32.1. The van der Waals surface area contributed by atoms with Gasteiger partial charge in [-0.15, -0.1) is 11.3 Å². The molecule has 1 aliphatic heterocycles. The molecule has 1 spiro atoms. The number of rotatable bonds is 5. The van der Waals surface area contributed by atoms with Gasteiger partial charge in [-0.3, -0.25) is 0 Å². The number of hydrogen-bond acceptors (Lipinski definition) is 3. The van der Waals surface area contributed by atoms with Crippen LogP contribution < -0.4 is 9.80 Å². The van der Waals surface area contributed by atoms with Crippen LogP contribution in [0.3, 0.4) is 0 Å². The SMILES string of the molecule is CC1(C)c2ccccc2-c2ccc(N(c3ccc(-c4ccc5sc6ccccc6c5c4)cc3)c3ccc4c(c3)C3(c5ccccc5-4)c4ccccc4N(c4ccccc4)c4ccccc43)cc21. The van der Waals surface area contributed by atoms with Crippen molar-refractivity contribution in [3.8, 4) is 33.4 Å². The van der Waals surface area contributed by atoms with Crippen LogP contribution in [0.15, 0.2) is 231 Å². The Hall–Kier alpha value is -7.98. The fourth-order valence-corrected chi connectivity index (χ4v) is 13.2. The van der Waals surface area contributed by atoms with Gasteiger partial charge in [-0.05, 0) is 146 Å². The summed E-state index contributed by atoms with van der Waals surface area (Å²) >= 11 is 1.87. The second-order valence-electron chi connectivity index (χ2n) is 18.8. The smallest absolute Gasteiger partial charge is 0.0755 e. The highest BCUT2D eigenvalue weighted by molar-refractivity contribution is 7.25. The molecule has 0 atom stereocenters. The minimum atomic E-state index is -0.567. The molecule has 3 heteroatoms. The number of para-hydroxylation sites is 3. The van der Waals surface area contributed by atoms with E-state index in [0.717, 1.165) is 22.7 Å². The fourth-order valence-electron chi connectivity index (χ4n) is 12.1. The predicted octanol–water partition coefficient (Wildman–Crippen LogP) is 17.6. The van der Waals surface area contributed by atoms with Crippen molar-refractivity contribution in [1.29, 1.82) is 0 Å². The molecule has 2 aliphatic carbocycles. The lowest BCUT2D eigenvalue weighted by Crippen LogP contribution is -2.36. The van der Waals surface area contributed by atoms with Crippen LogP contribution in [0.1, 0.15) is 47.2 Å². The zero-order chi connectivity index (χ0) is 44.4. The Morgan fingerprint density at radius 1 is 0.358 bits per heavy atom. The molecular formula is C64H44N2S. The first-order valence-electron chi connectivity index (χ1n) is 23.3. The van der Waals surface area contributed by atoms with Crippen molar-refractivity contribution in [1.82, 2.24) is 0 Å². The summed E-state index contributed by atoms with van der Waals surface area (Å²) in [6.07, 6.45) is 0. The maximum Gasteiger partial charge on any atom is 0.0755 e. The maximum atomic E-state index is 2.51. The number of thiophene rings is 1. The van der Waals surface area contributed by atoms with Crippen molar-refractivity contribution in [2.24, 2.45) is 0 Å². The molecule has 1 aromatic heterocycles. The molecule has 0 N–H and O–H groups in total. The average Bonchev–Trinajstić information content (AvgIpc) is 3.98. The summed E-state index contributed by atoms with van der Waals surface area (Å²) in [5.41, 5.74) is 21.7. The van der Waals surface area contributed by atoms with Gasteiger partial charge < -0.3 is 9.80 Å². The van der Waals surface area contributed by atoms with Crippen molar-refractivity contribution >= 4 is 65.6 Å². The molecule has 0 radical (unpaired) electrons. The monoisotopic (exact) mass is 872 g/mol. The van der Waals surface area contributed by atoms with Gasteiger partial charge in [-0.25, -0.2) is 0 Å². The van der Waals surface area contributed by atoms with E-state index in [-0.39, 0.29) is 5.41 Å². The molecule has 0 unspecified atom stereocenters. The van der Waals surface area contributed by atoms with Gasteiger partial charge >= 0.3 is 0 Å². The van der Waals surface area contributed by atoms with E-state index in [1.807, 2.05) is 11.3 Å². The lowest BCUT2D eigenvalue weighted by molar-refractivity contribution is 0.660. The van der Waals surface area contributed by atoms with E-state index in [1.54, 1.807) is 0 Å². The van der Waals surface area contributed by atoms with Crippen molar-refractivity contribution < 1.29 is 0 Å². The summed E-state index contributed by atoms with van der Waals surface area (Å²) in [5, 5.41) is 2.64. The summed E-state index contributed by atoms with van der Waals surface area (Å²) < 4.78 is 2.65. The molecule has 0 saturated heterocycles. The van der Waals surface area contributed by atoms with E-state index in [4.69, 9.17) is 0 Å². The molecule has 0 fully saturated rings. The summed E-state index contributed by atoms with van der Waals surface area (Å²) in [4.78, 5) is 4.95. The van der Waals surface area contributed by atoms with Crippen LogP contribution >= 0.6 is 11.3 Å². The molecular weight excluding hydrogens is 829 g/mol. The highest BCUT2D eigenvalue weighted by Gasteiger charge is 2.52. The summed E-state index contributed by atoms with van der Waals surface area (Å²) in [6, 6.07) is 86.4. The predicted molar refractivity (Wildman–Crippen MR) is 283 cm³/mol. The Balaban J connectivity index is 0.984. The number of nitrogens with zero attached hydrogens (tertiary/aromatic N) is 2. The lowest BCUT2D eigenvalue weighted by Gasteiger charge is -2.45. The first kappa shape index (κ1) is 38.3. The fraction of sp³-hybridized carbons (Fsp3) is 0.0625. The largest absolute Gasteiger partial charge is 0.310 e. The van der Waals surface area contributed by atoms with Crippen LogP contribution in [0.5, 0.6) is 0 Å². The molecule has 0 saturated carbocycles. The first-order chi connectivity index (χ1) is 33.0.